The van der Waals surface area contributed by atoms with Gasteiger partial charge in [0.25, 0.3) is 0 Å². The third-order valence-corrected chi connectivity index (χ3v) is 4.24. The van der Waals surface area contributed by atoms with Crippen molar-refractivity contribution >= 4 is 23.6 Å². The predicted molar refractivity (Wildman–Crippen MR) is 94.9 cm³/mol. The van der Waals surface area contributed by atoms with Crippen LogP contribution in [-0.2, 0) is 16.0 Å². The average Bonchev–Trinajstić information content (AvgIpc) is 2.59. The van der Waals surface area contributed by atoms with Crippen LogP contribution in [0.4, 0.5) is 0 Å². The van der Waals surface area contributed by atoms with E-state index in [0.717, 1.165) is 10.5 Å². The fourth-order valence-electron chi connectivity index (χ4n) is 1.97. The summed E-state index contributed by atoms with van der Waals surface area (Å²) in [5.41, 5.74) is 6.83. The highest BCUT2D eigenvalue weighted by Gasteiger charge is 2.07. The first-order valence-electron chi connectivity index (χ1n) is 7.47. The maximum Gasteiger partial charge on any atom is 0.248 e. The molecule has 126 valence electrons. The Morgan fingerprint density at radius 1 is 1.04 bits per heavy atom. The monoisotopic (exact) mass is 344 g/mol. The van der Waals surface area contributed by atoms with Gasteiger partial charge in [0, 0.05) is 4.90 Å². The van der Waals surface area contributed by atoms with E-state index < -0.39 is 0 Å². The lowest BCUT2D eigenvalue weighted by atomic mass is 10.1. The van der Waals surface area contributed by atoms with Crippen molar-refractivity contribution in [2.75, 3.05) is 12.9 Å². The van der Waals surface area contributed by atoms with Crippen LogP contribution < -0.4 is 15.6 Å². The number of rotatable bonds is 6. The van der Waals surface area contributed by atoms with E-state index in [1.165, 1.54) is 17.3 Å². The van der Waals surface area contributed by atoms with Crippen LogP contribution in [0.1, 0.15) is 11.1 Å². The summed E-state index contributed by atoms with van der Waals surface area (Å²) in [5, 5.41) is 0. The number of nitrogens with one attached hydrogen (secondary N) is 2. The first-order chi connectivity index (χ1) is 11.6. The molecule has 2 aromatic carbocycles. The van der Waals surface area contributed by atoms with Gasteiger partial charge in [0.05, 0.1) is 19.3 Å². The molecular weight excluding hydrogens is 324 g/mol. The molecule has 0 spiro atoms. The normalized spacial score (nSPS) is 10.1. The second kappa shape index (κ2) is 8.98. The van der Waals surface area contributed by atoms with Crippen molar-refractivity contribution in [1.82, 2.24) is 10.9 Å². The van der Waals surface area contributed by atoms with E-state index in [4.69, 9.17) is 4.74 Å². The fourth-order valence-corrected chi connectivity index (χ4v) is 2.67. The Bertz CT molecular complexity index is 702. The van der Waals surface area contributed by atoms with Crippen molar-refractivity contribution in [1.29, 1.82) is 0 Å². The number of carbonyl (C=O) groups is 2. The minimum absolute atomic E-state index is 0.169. The number of carbonyl (C=O) groups excluding carboxylic acids is 2. The Hall–Kier alpha value is -2.47. The first kappa shape index (κ1) is 17.9. The van der Waals surface area contributed by atoms with Gasteiger partial charge in [-0.3, -0.25) is 20.4 Å². The molecule has 0 fully saturated rings. The topological polar surface area (TPSA) is 67.4 Å². The third-order valence-electron chi connectivity index (χ3n) is 3.23. The molecule has 0 atom stereocenters. The zero-order valence-electron chi connectivity index (χ0n) is 13.7. The molecule has 0 aromatic heterocycles. The Morgan fingerprint density at radius 3 is 2.46 bits per heavy atom. The van der Waals surface area contributed by atoms with Crippen LogP contribution in [0.5, 0.6) is 5.75 Å². The smallest absolute Gasteiger partial charge is 0.248 e. The van der Waals surface area contributed by atoms with Crippen molar-refractivity contribution in [2.45, 2.75) is 18.2 Å². The number of benzene rings is 2. The van der Waals surface area contributed by atoms with Crippen molar-refractivity contribution in [3.8, 4) is 5.75 Å². The number of amides is 2. The van der Waals surface area contributed by atoms with E-state index >= 15 is 0 Å². The van der Waals surface area contributed by atoms with Crippen molar-refractivity contribution in [3.63, 3.8) is 0 Å². The van der Waals surface area contributed by atoms with Gasteiger partial charge in [0.1, 0.15) is 5.75 Å². The van der Waals surface area contributed by atoms with E-state index in [1.807, 2.05) is 49.4 Å². The van der Waals surface area contributed by atoms with Crippen LogP contribution in [-0.4, -0.2) is 24.7 Å². The summed E-state index contributed by atoms with van der Waals surface area (Å²) >= 11 is 1.42. The number of ether oxygens (including phenoxy) is 1. The number of hydrogen-bond donors (Lipinski definition) is 2. The van der Waals surface area contributed by atoms with E-state index in [2.05, 4.69) is 10.9 Å². The molecule has 0 bridgehead atoms. The van der Waals surface area contributed by atoms with Crippen molar-refractivity contribution in [3.05, 3.63) is 59.7 Å². The highest BCUT2D eigenvalue weighted by atomic mass is 32.2. The molecule has 0 saturated carbocycles. The summed E-state index contributed by atoms with van der Waals surface area (Å²) in [4.78, 5) is 24.6. The summed E-state index contributed by atoms with van der Waals surface area (Å²) in [6.45, 7) is 2.01. The quantitative estimate of drug-likeness (QED) is 0.624. The molecule has 2 amide bonds. The summed E-state index contributed by atoms with van der Waals surface area (Å²) in [6, 6.07) is 15.2. The fraction of sp³-hybridized carbons (Fsp3) is 0.222. The number of aryl methyl sites for hydroxylation is 1. The Kier molecular flexibility index (Phi) is 6.69. The van der Waals surface area contributed by atoms with Crippen LogP contribution >= 0.6 is 11.8 Å². The zero-order valence-corrected chi connectivity index (χ0v) is 14.5. The molecule has 0 aliphatic rings. The van der Waals surface area contributed by atoms with Gasteiger partial charge < -0.3 is 4.74 Å². The Balaban J connectivity index is 1.72. The molecule has 5 nitrogen and oxygen atoms in total. The van der Waals surface area contributed by atoms with Gasteiger partial charge in [0.15, 0.2) is 0 Å². The minimum atomic E-state index is -0.281. The molecule has 2 rings (SSSR count). The highest BCUT2D eigenvalue weighted by molar-refractivity contribution is 8.00. The van der Waals surface area contributed by atoms with E-state index in [9.17, 15) is 9.59 Å². The number of hydrazine groups is 1. The molecule has 0 aliphatic heterocycles. The molecule has 0 radical (unpaired) electrons. The Labute approximate surface area is 145 Å². The largest absolute Gasteiger partial charge is 0.497 e. The second-order valence-electron chi connectivity index (χ2n) is 5.23. The maximum absolute atomic E-state index is 11.9. The van der Waals surface area contributed by atoms with Gasteiger partial charge in [-0.25, -0.2) is 0 Å². The van der Waals surface area contributed by atoms with Gasteiger partial charge >= 0.3 is 0 Å². The molecule has 0 heterocycles. The van der Waals surface area contributed by atoms with Gasteiger partial charge in [-0.05, 0) is 36.8 Å². The molecule has 6 heteroatoms. The molecule has 24 heavy (non-hydrogen) atoms. The number of thioether (sulfide) groups is 1. The van der Waals surface area contributed by atoms with Crippen molar-refractivity contribution < 1.29 is 14.3 Å². The predicted octanol–water partition coefficient (Wildman–Crippen LogP) is 2.49. The maximum atomic E-state index is 11.9. The lowest BCUT2D eigenvalue weighted by molar-refractivity contribution is -0.127. The van der Waals surface area contributed by atoms with Crippen LogP contribution in [0.3, 0.4) is 0 Å². The molecular formula is C18H20N2O3S. The molecule has 0 unspecified atom stereocenters. The molecule has 0 saturated heterocycles. The van der Waals surface area contributed by atoms with Gasteiger partial charge in [-0.15, -0.1) is 11.8 Å². The summed E-state index contributed by atoms with van der Waals surface area (Å²) in [6.07, 6.45) is 0.169. The van der Waals surface area contributed by atoms with E-state index in [1.54, 1.807) is 13.2 Å². The van der Waals surface area contributed by atoms with Gasteiger partial charge in [-0.2, -0.15) is 0 Å². The highest BCUT2D eigenvalue weighted by Crippen LogP contribution is 2.17. The van der Waals surface area contributed by atoms with Gasteiger partial charge in [0.2, 0.25) is 11.8 Å². The van der Waals surface area contributed by atoms with Gasteiger partial charge in [-0.1, -0.05) is 29.8 Å². The summed E-state index contributed by atoms with van der Waals surface area (Å²) < 4.78 is 5.11. The molecule has 2 N–H and O–H groups in total. The van der Waals surface area contributed by atoms with E-state index in [-0.39, 0.29) is 24.0 Å². The standard InChI is InChI=1S/C18H20N2O3S/c1-13-6-8-16(9-7-13)24-12-18(22)20-19-17(21)11-14-4-3-5-15(10-14)23-2/h3-10H,11-12H2,1-2H3,(H,19,21)(H,20,22). The lowest BCUT2D eigenvalue weighted by Crippen LogP contribution is -2.43. The molecule has 2 aromatic rings. The first-order valence-corrected chi connectivity index (χ1v) is 8.45. The summed E-state index contributed by atoms with van der Waals surface area (Å²) in [7, 11) is 1.57. The van der Waals surface area contributed by atoms with Crippen LogP contribution in [0.25, 0.3) is 0 Å². The van der Waals surface area contributed by atoms with Crippen LogP contribution in [0.15, 0.2) is 53.4 Å². The second-order valence-corrected chi connectivity index (χ2v) is 6.28. The van der Waals surface area contributed by atoms with E-state index in [0.29, 0.717) is 5.75 Å². The Morgan fingerprint density at radius 2 is 1.75 bits per heavy atom. The lowest BCUT2D eigenvalue weighted by Gasteiger charge is -2.08. The SMILES string of the molecule is COc1cccc(CC(=O)NNC(=O)CSc2ccc(C)cc2)c1. The number of methoxy groups -OCH3 is 1. The average molecular weight is 344 g/mol. The number of hydrogen-bond acceptors (Lipinski definition) is 4. The van der Waals surface area contributed by atoms with Crippen LogP contribution in [0, 0.1) is 6.92 Å². The summed E-state index contributed by atoms with van der Waals surface area (Å²) in [5.74, 6) is 0.401. The molecule has 0 aliphatic carbocycles. The minimum Gasteiger partial charge on any atom is -0.497 e. The van der Waals surface area contributed by atoms with Crippen LogP contribution in [0.2, 0.25) is 0 Å². The zero-order chi connectivity index (χ0) is 17.4. The van der Waals surface area contributed by atoms with Crippen molar-refractivity contribution in [2.24, 2.45) is 0 Å². The third kappa shape index (κ3) is 5.96.